The van der Waals surface area contributed by atoms with Gasteiger partial charge in [-0.15, -0.1) is 0 Å². The van der Waals surface area contributed by atoms with Gasteiger partial charge in [0, 0.05) is 24.6 Å². The molecule has 5 nitrogen and oxygen atoms in total. The van der Waals surface area contributed by atoms with E-state index in [1.54, 1.807) is 0 Å². The Hall–Kier alpha value is -3.79. The van der Waals surface area contributed by atoms with E-state index in [1.807, 2.05) is 62.4 Å². The number of anilines is 2. The van der Waals surface area contributed by atoms with Crippen LogP contribution in [0.15, 0.2) is 84.9 Å². The maximum absolute atomic E-state index is 13.6. The van der Waals surface area contributed by atoms with Crippen molar-refractivity contribution < 1.29 is 31.6 Å². The highest BCUT2D eigenvalue weighted by Gasteiger charge is 2.21. The first-order valence-electron chi connectivity index (χ1n) is 13.3. The van der Waals surface area contributed by atoms with E-state index in [4.69, 9.17) is 14.0 Å². The van der Waals surface area contributed by atoms with E-state index in [0.29, 0.717) is 37.8 Å². The first-order valence-corrected chi connectivity index (χ1v) is 13.3. The predicted molar refractivity (Wildman–Crippen MR) is 155 cm³/mol. The molecule has 11 heteroatoms. The van der Waals surface area contributed by atoms with Gasteiger partial charge in [-0.25, -0.2) is 17.6 Å². The van der Waals surface area contributed by atoms with Crippen molar-refractivity contribution in [3.8, 4) is 0 Å². The number of hydrogen-bond donors (Lipinski definition) is 2. The van der Waals surface area contributed by atoms with Crippen LogP contribution in [0.3, 0.4) is 0 Å². The molecule has 0 aliphatic heterocycles. The van der Waals surface area contributed by atoms with Gasteiger partial charge in [0.1, 0.15) is 0 Å². The highest BCUT2D eigenvalue weighted by atomic mass is 19.2. The van der Waals surface area contributed by atoms with Crippen LogP contribution in [0.2, 0.25) is 0 Å². The summed E-state index contributed by atoms with van der Waals surface area (Å²) >= 11 is 0. The minimum atomic E-state index is -0.931. The zero-order valence-electron chi connectivity index (χ0n) is 22.8. The van der Waals surface area contributed by atoms with Crippen molar-refractivity contribution in [1.82, 2.24) is 0 Å². The zero-order valence-corrected chi connectivity index (χ0v) is 22.8. The Morgan fingerprint density at radius 2 is 0.927 bits per heavy atom. The second-order valence-corrected chi connectivity index (χ2v) is 9.19. The molecule has 0 saturated carbocycles. The first-order chi connectivity index (χ1) is 19.9. The number of benzene rings is 4. The molecule has 0 heterocycles. The molecule has 0 aliphatic rings. The SMILES string of the molecule is CCOB(Nc1ccc(F)c(F)c1)c1ccc(COCc2ccc(B(Nc3ccc(F)c(F)c3)OCC)cc2)cc1. The molecular weight excluding hydrogens is 534 g/mol. The number of rotatable bonds is 14. The van der Waals surface area contributed by atoms with E-state index in [0.717, 1.165) is 46.3 Å². The van der Waals surface area contributed by atoms with E-state index in [1.165, 1.54) is 12.1 Å². The molecule has 0 unspecified atom stereocenters. The molecule has 0 aromatic heterocycles. The van der Waals surface area contributed by atoms with Gasteiger partial charge in [0.15, 0.2) is 23.3 Å². The average molecular weight is 564 g/mol. The van der Waals surface area contributed by atoms with Crippen LogP contribution in [-0.4, -0.2) is 27.3 Å². The normalized spacial score (nSPS) is 10.9. The zero-order chi connectivity index (χ0) is 29.2. The van der Waals surface area contributed by atoms with Crippen LogP contribution in [0.1, 0.15) is 25.0 Å². The standard InChI is InChI=1S/C30H30B2F4N2O3/c1-3-40-31(37-25-13-15-27(33)29(35)17-25)23-9-5-21(6-10-23)19-39-20-22-7-11-24(12-8-22)32(41-4-2)38-26-14-16-28(34)30(36)18-26/h5-18,37-38H,3-4,19-20H2,1-2H3. The van der Waals surface area contributed by atoms with E-state index >= 15 is 0 Å². The van der Waals surface area contributed by atoms with Crippen molar-refractivity contribution >= 4 is 36.4 Å². The summed E-state index contributed by atoms with van der Waals surface area (Å²) < 4.78 is 71.1. The maximum atomic E-state index is 13.6. The molecule has 4 rings (SSSR count). The molecule has 0 aliphatic carbocycles. The van der Waals surface area contributed by atoms with Gasteiger partial charge in [-0.2, -0.15) is 0 Å². The summed E-state index contributed by atoms with van der Waals surface area (Å²) in [5, 5.41) is 6.16. The lowest BCUT2D eigenvalue weighted by molar-refractivity contribution is 0.107. The fourth-order valence-corrected chi connectivity index (χ4v) is 4.11. The minimum absolute atomic E-state index is 0.386. The third kappa shape index (κ3) is 8.60. The van der Waals surface area contributed by atoms with Gasteiger partial charge < -0.3 is 24.5 Å². The van der Waals surface area contributed by atoms with Crippen molar-refractivity contribution in [1.29, 1.82) is 0 Å². The highest BCUT2D eigenvalue weighted by molar-refractivity contribution is 6.71. The van der Waals surface area contributed by atoms with Gasteiger partial charge in [-0.3, -0.25) is 0 Å². The molecule has 0 amide bonds. The van der Waals surface area contributed by atoms with Crippen molar-refractivity contribution in [2.24, 2.45) is 0 Å². The van der Waals surface area contributed by atoms with Crippen LogP contribution in [0.25, 0.3) is 0 Å². The molecule has 2 N–H and O–H groups in total. The molecule has 0 atom stereocenters. The highest BCUT2D eigenvalue weighted by Crippen LogP contribution is 2.15. The minimum Gasteiger partial charge on any atom is -0.413 e. The third-order valence-corrected chi connectivity index (χ3v) is 6.20. The molecule has 212 valence electrons. The van der Waals surface area contributed by atoms with Crippen LogP contribution in [0.4, 0.5) is 28.9 Å². The van der Waals surface area contributed by atoms with Crippen molar-refractivity contribution in [2.45, 2.75) is 27.1 Å². The van der Waals surface area contributed by atoms with Gasteiger partial charge in [0.2, 0.25) is 0 Å². The lowest BCUT2D eigenvalue weighted by atomic mass is 9.73. The molecule has 4 aromatic rings. The average Bonchev–Trinajstić information content (AvgIpc) is 2.97. The van der Waals surface area contributed by atoms with Crippen molar-refractivity contribution in [2.75, 3.05) is 23.7 Å². The fourth-order valence-electron chi connectivity index (χ4n) is 4.11. The second-order valence-electron chi connectivity index (χ2n) is 9.19. The van der Waals surface area contributed by atoms with E-state index in [2.05, 4.69) is 10.5 Å². The molecule has 0 spiro atoms. The summed E-state index contributed by atoms with van der Waals surface area (Å²) in [6.45, 7) is 5.34. The topological polar surface area (TPSA) is 51.8 Å². The van der Waals surface area contributed by atoms with Gasteiger partial charge in [0.05, 0.1) is 13.2 Å². The maximum Gasteiger partial charge on any atom is 0.449 e. The molecule has 0 fully saturated rings. The number of nitrogens with one attached hydrogen (secondary N) is 2. The summed E-state index contributed by atoms with van der Waals surface area (Å²) in [4.78, 5) is 0. The van der Waals surface area contributed by atoms with Crippen LogP contribution in [-0.2, 0) is 27.3 Å². The number of ether oxygens (including phenoxy) is 1. The molecule has 0 bridgehead atoms. The predicted octanol–water partition coefficient (Wildman–Crippen LogP) is 5.65. The third-order valence-electron chi connectivity index (χ3n) is 6.20. The molecule has 4 aromatic carbocycles. The fraction of sp³-hybridized carbons (Fsp3) is 0.200. The van der Waals surface area contributed by atoms with Crippen molar-refractivity contribution in [3.05, 3.63) is 119 Å². The van der Waals surface area contributed by atoms with Gasteiger partial charge in [-0.1, -0.05) is 48.5 Å². The van der Waals surface area contributed by atoms with E-state index in [-0.39, 0.29) is 0 Å². The molecule has 41 heavy (non-hydrogen) atoms. The summed E-state index contributed by atoms with van der Waals surface area (Å²) in [5.41, 5.74) is 4.40. The Bertz CT molecular complexity index is 1310. The Kier molecular flexibility index (Phi) is 10.8. The molecule has 0 radical (unpaired) electrons. The number of halogens is 4. The Morgan fingerprint density at radius 1 is 0.537 bits per heavy atom. The second kappa shape index (κ2) is 14.7. The Labute approximate surface area is 238 Å². The molecular formula is C30H30B2F4N2O3. The van der Waals surface area contributed by atoms with E-state index in [9.17, 15) is 17.6 Å². The van der Waals surface area contributed by atoms with E-state index < -0.39 is 37.4 Å². The smallest absolute Gasteiger partial charge is 0.413 e. The van der Waals surface area contributed by atoms with Gasteiger partial charge in [0.25, 0.3) is 0 Å². The summed E-state index contributed by atoms with van der Waals surface area (Å²) in [7, 11) is -1.06. The number of hydrogen-bond acceptors (Lipinski definition) is 5. The monoisotopic (exact) mass is 564 g/mol. The van der Waals surface area contributed by atoms with Crippen LogP contribution in [0, 0.1) is 23.3 Å². The van der Waals surface area contributed by atoms with Crippen LogP contribution >= 0.6 is 0 Å². The summed E-state index contributed by atoms with van der Waals surface area (Å²) in [5.74, 6) is -3.68. The summed E-state index contributed by atoms with van der Waals surface area (Å²) in [6.07, 6.45) is 0. The first kappa shape index (κ1) is 30.2. The summed E-state index contributed by atoms with van der Waals surface area (Å²) in [6, 6.07) is 22.5. The lowest BCUT2D eigenvalue weighted by Crippen LogP contribution is -2.41. The van der Waals surface area contributed by atoms with Crippen LogP contribution in [0.5, 0.6) is 0 Å². The lowest BCUT2D eigenvalue weighted by Gasteiger charge is -2.17. The van der Waals surface area contributed by atoms with Crippen LogP contribution < -0.4 is 21.4 Å². The largest absolute Gasteiger partial charge is 0.449 e. The Morgan fingerprint density at radius 3 is 1.27 bits per heavy atom. The quantitative estimate of drug-likeness (QED) is 0.153. The van der Waals surface area contributed by atoms with Gasteiger partial charge >= 0.3 is 14.1 Å². The van der Waals surface area contributed by atoms with Gasteiger partial charge in [-0.05, 0) is 72.3 Å². The Balaban J connectivity index is 1.31. The van der Waals surface area contributed by atoms with Crippen molar-refractivity contribution in [3.63, 3.8) is 0 Å². The molecule has 0 saturated heterocycles.